The molecule has 0 amide bonds. The van der Waals surface area contributed by atoms with E-state index in [2.05, 4.69) is 42.7 Å². The maximum atomic E-state index is 9.27. The van der Waals surface area contributed by atoms with Crippen molar-refractivity contribution in [2.45, 2.75) is 38.4 Å². The molecule has 1 unspecified atom stereocenters. The van der Waals surface area contributed by atoms with Crippen LogP contribution in [-0.2, 0) is 4.74 Å². The van der Waals surface area contributed by atoms with Crippen LogP contribution in [0.15, 0.2) is 4.99 Å². The quantitative estimate of drug-likeness (QED) is 0.467. The fourth-order valence-corrected chi connectivity index (χ4v) is 2.45. The monoisotopic (exact) mass is 317 g/mol. The average Bonchev–Trinajstić information content (AvgIpc) is 2.91. The number of nitrogens with one attached hydrogen (secondary N) is 2. The van der Waals surface area contributed by atoms with Crippen LogP contribution in [0.4, 0.5) is 0 Å². The predicted octanol–water partition coefficient (Wildman–Crippen LogP) is 1.47. The Labute approximate surface area is 133 Å². The first-order chi connectivity index (χ1) is 9.97. The zero-order valence-electron chi connectivity index (χ0n) is 13.9. The summed E-state index contributed by atoms with van der Waals surface area (Å²) in [7, 11) is 0. The Morgan fingerprint density at radius 3 is 2.71 bits per heavy atom. The van der Waals surface area contributed by atoms with Gasteiger partial charge in [0.15, 0.2) is 5.96 Å². The van der Waals surface area contributed by atoms with Crippen molar-refractivity contribution in [3.63, 3.8) is 0 Å². The number of hydrogen-bond acceptors (Lipinski definition) is 4. The highest BCUT2D eigenvalue weighted by molar-refractivity contribution is 7.99. The number of guanidine groups is 1. The number of aliphatic imine (C=N–C) groups is 1. The van der Waals surface area contributed by atoms with E-state index < -0.39 is 0 Å². The number of rotatable bonds is 8. The lowest BCUT2D eigenvalue weighted by atomic mass is 9.84. The second-order valence-electron chi connectivity index (χ2n) is 6.29. The number of aliphatic hydroxyl groups excluding tert-OH is 1. The number of hydrogen-bond donors (Lipinski definition) is 3. The van der Waals surface area contributed by atoms with Crippen molar-refractivity contribution in [1.82, 2.24) is 10.6 Å². The summed E-state index contributed by atoms with van der Waals surface area (Å²) in [5, 5.41) is 16.0. The van der Waals surface area contributed by atoms with Crippen molar-refractivity contribution < 1.29 is 9.84 Å². The van der Waals surface area contributed by atoms with E-state index in [9.17, 15) is 5.11 Å². The standard InChI is InChI=1S/C15H31N3O2S/c1-5-16-13(17-10-14(2,3)21-4)18-11-15(6-8-19)7-9-20-12-15/h19H,5-12H2,1-4H3,(H2,16,17,18). The minimum Gasteiger partial charge on any atom is -0.396 e. The molecule has 0 radical (unpaired) electrons. The first kappa shape index (κ1) is 18.6. The molecule has 1 heterocycles. The van der Waals surface area contributed by atoms with Crippen LogP contribution in [0.3, 0.4) is 0 Å². The highest BCUT2D eigenvalue weighted by Crippen LogP contribution is 2.31. The molecule has 0 aliphatic carbocycles. The molecule has 124 valence electrons. The molecule has 1 rings (SSSR count). The van der Waals surface area contributed by atoms with Crippen LogP contribution in [-0.4, -0.2) is 61.5 Å². The Morgan fingerprint density at radius 1 is 1.43 bits per heavy atom. The molecule has 5 nitrogen and oxygen atoms in total. The third-order valence-corrected chi connectivity index (χ3v) is 5.21. The molecular formula is C15H31N3O2S. The maximum absolute atomic E-state index is 9.27. The molecule has 6 heteroatoms. The molecule has 0 aromatic carbocycles. The largest absolute Gasteiger partial charge is 0.396 e. The smallest absolute Gasteiger partial charge is 0.191 e. The van der Waals surface area contributed by atoms with Gasteiger partial charge in [0.05, 0.1) is 13.2 Å². The van der Waals surface area contributed by atoms with Crippen LogP contribution in [0.1, 0.15) is 33.6 Å². The van der Waals surface area contributed by atoms with Crippen molar-refractivity contribution in [1.29, 1.82) is 0 Å². The number of ether oxygens (including phenoxy) is 1. The lowest BCUT2D eigenvalue weighted by Crippen LogP contribution is -2.45. The zero-order valence-corrected chi connectivity index (χ0v) is 14.7. The fraction of sp³-hybridized carbons (Fsp3) is 0.933. The van der Waals surface area contributed by atoms with Gasteiger partial charge >= 0.3 is 0 Å². The van der Waals surface area contributed by atoms with Crippen LogP contribution < -0.4 is 10.6 Å². The second-order valence-corrected chi connectivity index (χ2v) is 7.80. The minimum absolute atomic E-state index is 0.0416. The number of aliphatic hydroxyl groups is 1. The Bertz CT molecular complexity index is 329. The molecule has 1 aliphatic heterocycles. The topological polar surface area (TPSA) is 65.9 Å². The molecule has 1 fully saturated rings. The summed E-state index contributed by atoms with van der Waals surface area (Å²) in [4.78, 5) is 4.68. The summed E-state index contributed by atoms with van der Waals surface area (Å²) in [5.41, 5.74) is 0.0416. The van der Waals surface area contributed by atoms with Gasteiger partial charge in [0.2, 0.25) is 0 Å². The molecular weight excluding hydrogens is 286 g/mol. The normalized spacial score (nSPS) is 23.4. The van der Waals surface area contributed by atoms with Crippen LogP contribution in [0, 0.1) is 5.41 Å². The molecule has 1 atom stereocenters. The summed E-state index contributed by atoms with van der Waals surface area (Å²) in [6, 6.07) is 0. The Morgan fingerprint density at radius 2 is 2.19 bits per heavy atom. The second kappa shape index (κ2) is 8.86. The summed E-state index contributed by atoms with van der Waals surface area (Å²) >= 11 is 1.82. The van der Waals surface area contributed by atoms with E-state index >= 15 is 0 Å². The van der Waals surface area contributed by atoms with Gasteiger partial charge in [-0.2, -0.15) is 11.8 Å². The van der Waals surface area contributed by atoms with Gasteiger partial charge in [0.25, 0.3) is 0 Å². The molecule has 0 spiro atoms. The van der Waals surface area contributed by atoms with E-state index in [0.29, 0.717) is 0 Å². The number of thioether (sulfide) groups is 1. The number of nitrogens with zero attached hydrogens (tertiary/aromatic N) is 1. The Balaban J connectivity index is 2.59. The van der Waals surface area contributed by atoms with Gasteiger partial charge in [-0.05, 0) is 39.9 Å². The fourth-order valence-electron chi connectivity index (χ4n) is 2.26. The van der Waals surface area contributed by atoms with E-state index in [1.165, 1.54) is 0 Å². The predicted molar refractivity (Wildman–Crippen MR) is 91.1 cm³/mol. The van der Waals surface area contributed by atoms with Crippen molar-refractivity contribution >= 4 is 17.7 Å². The van der Waals surface area contributed by atoms with Gasteiger partial charge in [-0.1, -0.05) is 0 Å². The lowest BCUT2D eigenvalue weighted by Gasteiger charge is -2.28. The molecule has 0 bridgehead atoms. The molecule has 21 heavy (non-hydrogen) atoms. The average molecular weight is 317 g/mol. The van der Waals surface area contributed by atoms with E-state index in [1.54, 1.807) is 0 Å². The van der Waals surface area contributed by atoms with Crippen molar-refractivity contribution in [3.05, 3.63) is 0 Å². The third kappa shape index (κ3) is 6.45. The van der Waals surface area contributed by atoms with Crippen molar-refractivity contribution in [2.75, 3.05) is 45.7 Å². The van der Waals surface area contributed by atoms with E-state index in [4.69, 9.17) is 4.74 Å². The molecule has 0 aromatic heterocycles. The van der Waals surface area contributed by atoms with Gasteiger partial charge in [0.1, 0.15) is 0 Å². The van der Waals surface area contributed by atoms with Gasteiger partial charge < -0.3 is 20.5 Å². The lowest BCUT2D eigenvalue weighted by molar-refractivity contribution is 0.127. The molecule has 0 aromatic rings. The van der Waals surface area contributed by atoms with Gasteiger partial charge in [-0.15, -0.1) is 0 Å². The van der Waals surface area contributed by atoms with Gasteiger partial charge in [-0.3, -0.25) is 4.99 Å². The minimum atomic E-state index is 0.0416. The van der Waals surface area contributed by atoms with Crippen LogP contribution in [0.5, 0.6) is 0 Å². The first-order valence-corrected chi connectivity index (χ1v) is 8.95. The van der Waals surface area contributed by atoms with Crippen LogP contribution in [0.2, 0.25) is 0 Å². The molecule has 3 N–H and O–H groups in total. The summed E-state index contributed by atoms with van der Waals surface area (Å²) < 4.78 is 5.66. The summed E-state index contributed by atoms with van der Waals surface area (Å²) in [6.45, 7) is 10.6. The molecule has 0 saturated carbocycles. The highest BCUT2D eigenvalue weighted by atomic mass is 32.2. The first-order valence-electron chi connectivity index (χ1n) is 7.73. The Hall–Kier alpha value is -0.460. The molecule has 1 aliphatic rings. The summed E-state index contributed by atoms with van der Waals surface area (Å²) in [6.07, 6.45) is 3.88. The van der Waals surface area contributed by atoms with Gasteiger partial charge in [-0.25, -0.2) is 0 Å². The van der Waals surface area contributed by atoms with E-state index in [0.717, 1.165) is 51.6 Å². The SMILES string of the molecule is CCNC(=NCC(C)(C)SC)NCC1(CCO)CCOC1. The van der Waals surface area contributed by atoms with Crippen LogP contribution in [0.25, 0.3) is 0 Å². The summed E-state index contributed by atoms with van der Waals surface area (Å²) in [5.74, 6) is 0.851. The van der Waals surface area contributed by atoms with Crippen molar-refractivity contribution in [2.24, 2.45) is 10.4 Å². The molecule has 1 saturated heterocycles. The highest BCUT2D eigenvalue weighted by Gasteiger charge is 2.34. The van der Waals surface area contributed by atoms with Crippen molar-refractivity contribution in [3.8, 4) is 0 Å². The third-order valence-electron chi connectivity index (χ3n) is 3.97. The Kier molecular flexibility index (Phi) is 7.84. The van der Waals surface area contributed by atoms with E-state index in [-0.39, 0.29) is 16.8 Å². The van der Waals surface area contributed by atoms with E-state index in [1.807, 2.05) is 11.8 Å². The maximum Gasteiger partial charge on any atom is 0.191 e. The zero-order chi connectivity index (χ0) is 15.8. The van der Waals surface area contributed by atoms with Crippen LogP contribution >= 0.6 is 11.8 Å². The van der Waals surface area contributed by atoms with Gasteiger partial charge in [0, 0.05) is 36.5 Å².